The fourth-order valence-corrected chi connectivity index (χ4v) is 2.55. The average Bonchev–Trinajstić information content (AvgIpc) is 2.88. The molecule has 1 N–H and O–H groups in total. The number of carbonyl (C=O) groups excluding carboxylic acids is 1. The maximum atomic E-state index is 12.0. The number of rotatable bonds is 5. The second-order valence-corrected chi connectivity index (χ2v) is 5.59. The Morgan fingerprint density at radius 1 is 1.62 bits per heavy atom. The van der Waals surface area contributed by atoms with Gasteiger partial charge in [0, 0.05) is 13.1 Å². The summed E-state index contributed by atoms with van der Waals surface area (Å²) in [5, 5.41) is 7.14. The van der Waals surface area contributed by atoms with Crippen molar-refractivity contribution in [3.63, 3.8) is 0 Å². The topological polar surface area (TPSA) is 76.5 Å². The second-order valence-electron chi connectivity index (χ2n) is 5.21. The molecule has 1 aromatic rings. The summed E-state index contributed by atoms with van der Waals surface area (Å²) in [7, 11) is 3.34. The van der Waals surface area contributed by atoms with Crippen LogP contribution in [0.4, 0.5) is 5.69 Å². The van der Waals surface area contributed by atoms with Crippen LogP contribution in [-0.4, -0.2) is 54.4 Å². The summed E-state index contributed by atoms with van der Waals surface area (Å²) in [6.45, 7) is 2.60. The van der Waals surface area contributed by atoms with E-state index in [-0.39, 0.29) is 11.6 Å². The molecule has 2 heterocycles. The third-order valence-electron chi connectivity index (χ3n) is 3.56. The predicted octanol–water partition coefficient (Wildman–Crippen LogP) is 0.433. The molecule has 0 spiro atoms. The highest BCUT2D eigenvalue weighted by Crippen LogP contribution is 2.19. The quantitative estimate of drug-likeness (QED) is 0.795. The van der Waals surface area contributed by atoms with Crippen LogP contribution in [0.2, 0.25) is 5.02 Å². The first kappa shape index (κ1) is 15.8. The number of methoxy groups -OCH3 is 1. The zero-order valence-electron chi connectivity index (χ0n) is 12.1. The fraction of sp³-hybridized carbons (Fsp3) is 0.615. The van der Waals surface area contributed by atoms with E-state index in [2.05, 4.69) is 27.1 Å². The molecule has 8 heteroatoms. The van der Waals surface area contributed by atoms with Gasteiger partial charge in [-0.2, -0.15) is 5.10 Å². The number of likely N-dealkylation sites (tertiary alicyclic amines) is 1. The van der Waals surface area contributed by atoms with Crippen LogP contribution in [0.25, 0.3) is 0 Å². The number of hydrogen-bond acceptors (Lipinski definition) is 6. The lowest BCUT2D eigenvalue weighted by molar-refractivity contribution is -0.141. The van der Waals surface area contributed by atoms with Crippen LogP contribution >= 0.6 is 11.6 Å². The normalized spacial score (nSPS) is 18.7. The zero-order valence-corrected chi connectivity index (χ0v) is 12.9. The molecule has 0 saturated carbocycles. The summed E-state index contributed by atoms with van der Waals surface area (Å²) >= 11 is 6.04. The molecule has 1 aliphatic rings. The molecule has 7 nitrogen and oxygen atoms in total. The highest BCUT2D eigenvalue weighted by Gasteiger charge is 2.20. The molecule has 1 atom stereocenters. The molecule has 1 aliphatic heterocycles. The number of nitrogens with one attached hydrogen (secondary N) is 1. The van der Waals surface area contributed by atoms with Gasteiger partial charge >= 0.3 is 5.97 Å². The molecule has 21 heavy (non-hydrogen) atoms. The van der Waals surface area contributed by atoms with Crippen LogP contribution in [0, 0.1) is 5.92 Å². The van der Waals surface area contributed by atoms with Gasteiger partial charge in [-0.05, 0) is 25.9 Å². The van der Waals surface area contributed by atoms with Gasteiger partial charge < -0.3 is 15.0 Å². The van der Waals surface area contributed by atoms with Gasteiger partial charge in [0.05, 0.1) is 19.0 Å². The zero-order chi connectivity index (χ0) is 15.4. The molecule has 1 fully saturated rings. The van der Waals surface area contributed by atoms with Crippen LogP contribution in [0.5, 0.6) is 0 Å². The van der Waals surface area contributed by atoms with Gasteiger partial charge in [-0.15, -0.1) is 0 Å². The number of hydrogen-bond donors (Lipinski definition) is 1. The van der Waals surface area contributed by atoms with E-state index in [0.717, 1.165) is 30.7 Å². The number of esters is 1. The van der Waals surface area contributed by atoms with E-state index in [4.69, 9.17) is 11.6 Å². The Kier molecular flexibility index (Phi) is 5.19. The number of aromatic nitrogens is 2. The third-order valence-corrected chi connectivity index (χ3v) is 3.93. The molecule has 0 bridgehead atoms. The average molecular weight is 315 g/mol. The lowest BCUT2D eigenvalue weighted by Crippen LogP contribution is -2.28. The maximum absolute atomic E-state index is 12.0. The number of halogens is 1. The molecule has 0 aromatic carbocycles. The first-order chi connectivity index (χ1) is 10.0. The van der Waals surface area contributed by atoms with Gasteiger partial charge in [0.2, 0.25) is 0 Å². The number of carbonyl (C=O) groups is 1. The molecule has 1 saturated heterocycles. The Labute approximate surface area is 127 Å². The lowest BCUT2D eigenvalue weighted by atomic mass is 10.1. The Morgan fingerprint density at radius 3 is 3.00 bits per heavy atom. The summed E-state index contributed by atoms with van der Waals surface area (Å²) in [6, 6.07) is 0. The maximum Gasteiger partial charge on any atom is 0.327 e. The SMILES string of the molecule is COC(=O)Cn1ncc(NCC2CCN(C)C2)c(Cl)c1=O. The summed E-state index contributed by atoms with van der Waals surface area (Å²) in [4.78, 5) is 25.4. The van der Waals surface area contributed by atoms with Gasteiger partial charge in [-0.3, -0.25) is 9.59 Å². The molecular weight excluding hydrogens is 296 g/mol. The highest BCUT2D eigenvalue weighted by atomic mass is 35.5. The van der Waals surface area contributed by atoms with Crippen molar-refractivity contribution in [2.45, 2.75) is 13.0 Å². The molecule has 0 amide bonds. The summed E-state index contributed by atoms with van der Waals surface area (Å²) in [5.74, 6) is -0.0149. The van der Waals surface area contributed by atoms with E-state index in [1.807, 2.05) is 0 Å². The number of nitrogens with zero attached hydrogens (tertiary/aromatic N) is 3. The minimum Gasteiger partial charge on any atom is -0.468 e. The van der Waals surface area contributed by atoms with Crippen LogP contribution in [-0.2, 0) is 16.1 Å². The van der Waals surface area contributed by atoms with Crippen molar-refractivity contribution in [3.8, 4) is 0 Å². The van der Waals surface area contributed by atoms with Crippen molar-refractivity contribution in [1.82, 2.24) is 14.7 Å². The Morgan fingerprint density at radius 2 is 2.38 bits per heavy atom. The van der Waals surface area contributed by atoms with Crippen LogP contribution in [0.15, 0.2) is 11.0 Å². The van der Waals surface area contributed by atoms with Crippen molar-refractivity contribution >= 4 is 23.3 Å². The molecule has 2 rings (SSSR count). The van der Waals surface area contributed by atoms with E-state index >= 15 is 0 Å². The van der Waals surface area contributed by atoms with Gasteiger partial charge in [-0.1, -0.05) is 11.6 Å². The van der Waals surface area contributed by atoms with Crippen LogP contribution < -0.4 is 10.9 Å². The van der Waals surface area contributed by atoms with E-state index in [1.54, 1.807) is 0 Å². The monoisotopic (exact) mass is 314 g/mol. The molecule has 1 unspecified atom stereocenters. The van der Waals surface area contributed by atoms with Gasteiger partial charge in [0.1, 0.15) is 11.6 Å². The predicted molar refractivity (Wildman–Crippen MR) is 79.6 cm³/mol. The lowest BCUT2D eigenvalue weighted by Gasteiger charge is -2.14. The van der Waals surface area contributed by atoms with Crippen LogP contribution in [0.1, 0.15) is 6.42 Å². The third kappa shape index (κ3) is 3.95. The fourth-order valence-electron chi connectivity index (χ4n) is 2.33. The van der Waals surface area contributed by atoms with E-state index in [1.165, 1.54) is 13.3 Å². The minimum atomic E-state index is -0.546. The standard InChI is InChI=1S/C13H19ClN4O3/c1-17-4-3-9(7-17)5-15-10-6-16-18(8-11(19)21-2)13(20)12(10)14/h6,9,15H,3-5,7-8H2,1-2H3. The van der Waals surface area contributed by atoms with Gasteiger partial charge in [0.25, 0.3) is 5.56 Å². The Hall–Kier alpha value is -1.60. The Balaban J connectivity index is 2.03. The summed E-state index contributed by atoms with van der Waals surface area (Å²) in [6.07, 6.45) is 2.58. The molecule has 0 radical (unpaired) electrons. The summed E-state index contributed by atoms with van der Waals surface area (Å²) < 4.78 is 5.49. The first-order valence-corrected chi connectivity index (χ1v) is 7.14. The van der Waals surface area contributed by atoms with Crippen LogP contribution in [0.3, 0.4) is 0 Å². The largest absolute Gasteiger partial charge is 0.468 e. The molecule has 116 valence electrons. The van der Waals surface area contributed by atoms with Crippen molar-refractivity contribution < 1.29 is 9.53 Å². The van der Waals surface area contributed by atoms with Gasteiger partial charge in [-0.25, -0.2) is 4.68 Å². The minimum absolute atomic E-state index is 0.0419. The smallest absolute Gasteiger partial charge is 0.327 e. The van der Waals surface area contributed by atoms with Crippen molar-refractivity contribution in [2.75, 3.05) is 39.1 Å². The molecule has 1 aromatic heterocycles. The van der Waals surface area contributed by atoms with E-state index in [0.29, 0.717) is 11.6 Å². The van der Waals surface area contributed by atoms with Crippen molar-refractivity contribution in [1.29, 1.82) is 0 Å². The number of anilines is 1. The number of ether oxygens (including phenoxy) is 1. The van der Waals surface area contributed by atoms with Gasteiger partial charge in [0.15, 0.2) is 0 Å². The molecule has 0 aliphatic carbocycles. The molecular formula is C13H19ClN4O3. The van der Waals surface area contributed by atoms with E-state index < -0.39 is 11.5 Å². The second kappa shape index (κ2) is 6.91. The summed E-state index contributed by atoms with van der Waals surface area (Å²) in [5.41, 5.74) is -0.00653. The van der Waals surface area contributed by atoms with Crippen molar-refractivity contribution in [2.24, 2.45) is 5.92 Å². The highest BCUT2D eigenvalue weighted by molar-refractivity contribution is 6.32. The first-order valence-electron chi connectivity index (χ1n) is 6.76. The van der Waals surface area contributed by atoms with E-state index in [9.17, 15) is 9.59 Å². The van der Waals surface area contributed by atoms with Crippen molar-refractivity contribution in [3.05, 3.63) is 21.6 Å². The Bertz CT molecular complexity index is 575.